The summed E-state index contributed by atoms with van der Waals surface area (Å²) >= 11 is 4.77. The van der Waals surface area contributed by atoms with Crippen LogP contribution in [0.2, 0.25) is 0 Å². The summed E-state index contributed by atoms with van der Waals surface area (Å²) in [6.07, 6.45) is 4.39. The van der Waals surface area contributed by atoms with Gasteiger partial charge in [-0.25, -0.2) is 4.98 Å². The van der Waals surface area contributed by atoms with Gasteiger partial charge in [-0.3, -0.25) is 4.79 Å². The maximum atomic E-state index is 11.7. The molecule has 0 atom stereocenters. The maximum Gasteiger partial charge on any atom is 0.261 e. The Morgan fingerprint density at radius 2 is 2.41 bits per heavy atom. The first kappa shape index (κ1) is 12.3. The lowest BCUT2D eigenvalue weighted by Gasteiger charge is -2.03. The number of rotatable bonds is 4. The minimum atomic E-state index is -0.0325. The fraction of sp³-hybridized carbons (Fsp3) is 0.273. The summed E-state index contributed by atoms with van der Waals surface area (Å²) in [5.74, 6) is 0.938. The van der Waals surface area contributed by atoms with Crippen LogP contribution in [0.15, 0.2) is 28.3 Å². The molecule has 0 saturated carbocycles. The fourth-order valence-electron chi connectivity index (χ4n) is 1.45. The van der Waals surface area contributed by atoms with Crippen LogP contribution in [0.1, 0.15) is 15.5 Å². The summed E-state index contributed by atoms with van der Waals surface area (Å²) in [4.78, 5) is 16.6. The molecule has 0 aliphatic rings. The highest BCUT2D eigenvalue weighted by molar-refractivity contribution is 9.11. The predicted octanol–water partition coefficient (Wildman–Crippen LogP) is 2.22. The summed E-state index contributed by atoms with van der Waals surface area (Å²) < 4.78 is 2.92. The van der Waals surface area contributed by atoms with Gasteiger partial charge in [0.2, 0.25) is 0 Å². The van der Waals surface area contributed by atoms with Crippen LogP contribution in [0, 0.1) is 0 Å². The number of carbonyl (C=O) groups excluding carboxylic acids is 1. The Balaban J connectivity index is 1.83. The van der Waals surface area contributed by atoms with Gasteiger partial charge < -0.3 is 9.88 Å². The average molecular weight is 314 g/mol. The van der Waals surface area contributed by atoms with Gasteiger partial charge in [-0.1, -0.05) is 0 Å². The van der Waals surface area contributed by atoms with E-state index in [0.717, 1.165) is 20.9 Å². The zero-order valence-electron chi connectivity index (χ0n) is 9.31. The third kappa shape index (κ3) is 3.17. The first-order chi connectivity index (χ1) is 8.16. The number of imidazole rings is 1. The molecule has 0 saturated heterocycles. The second-order valence-electron chi connectivity index (χ2n) is 3.56. The fourth-order valence-corrected chi connectivity index (χ4v) is 2.75. The van der Waals surface area contributed by atoms with Gasteiger partial charge in [0, 0.05) is 32.4 Å². The van der Waals surface area contributed by atoms with Crippen molar-refractivity contribution in [1.29, 1.82) is 0 Å². The molecule has 0 aromatic carbocycles. The Hall–Kier alpha value is -1.14. The number of hydrogen-bond acceptors (Lipinski definition) is 3. The molecular formula is C11H12BrN3OS. The Kier molecular flexibility index (Phi) is 3.96. The first-order valence-corrected chi connectivity index (χ1v) is 6.77. The van der Waals surface area contributed by atoms with Crippen molar-refractivity contribution >= 4 is 33.2 Å². The third-order valence-electron chi connectivity index (χ3n) is 2.35. The van der Waals surface area contributed by atoms with Crippen molar-refractivity contribution in [3.05, 3.63) is 39.0 Å². The van der Waals surface area contributed by atoms with E-state index in [0.29, 0.717) is 6.54 Å². The second kappa shape index (κ2) is 5.46. The highest BCUT2D eigenvalue weighted by atomic mass is 79.9. The van der Waals surface area contributed by atoms with Gasteiger partial charge in [-0.05, 0) is 28.1 Å². The molecule has 90 valence electrons. The van der Waals surface area contributed by atoms with Crippen LogP contribution in [0.25, 0.3) is 0 Å². The van der Waals surface area contributed by atoms with Crippen molar-refractivity contribution in [2.24, 2.45) is 7.05 Å². The van der Waals surface area contributed by atoms with Gasteiger partial charge in [-0.2, -0.15) is 0 Å². The molecular weight excluding hydrogens is 302 g/mol. The van der Waals surface area contributed by atoms with Crippen LogP contribution in [0.4, 0.5) is 0 Å². The van der Waals surface area contributed by atoms with Gasteiger partial charge in [0.15, 0.2) is 0 Å². The Morgan fingerprint density at radius 3 is 3.00 bits per heavy atom. The quantitative estimate of drug-likeness (QED) is 0.940. The summed E-state index contributed by atoms with van der Waals surface area (Å²) in [6.45, 7) is 0.596. The molecule has 0 bridgehead atoms. The highest BCUT2D eigenvalue weighted by Crippen LogP contribution is 2.21. The van der Waals surface area contributed by atoms with Crippen molar-refractivity contribution in [2.75, 3.05) is 6.54 Å². The molecule has 0 radical (unpaired) electrons. The number of carbonyl (C=O) groups is 1. The number of thiophene rings is 1. The van der Waals surface area contributed by atoms with E-state index in [2.05, 4.69) is 26.2 Å². The minimum absolute atomic E-state index is 0.0325. The van der Waals surface area contributed by atoms with Crippen molar-refractivity contribution in [3.63, 3.8) is 0 Å². The molecule has 1 amide bonds. The van der Waals surface area contributed by atoms with Gasteiger partial charge in [0.05, 0.1) is 8.66 Å². The normalized spacial score (nSPS) is 10.5. The van der Waals surface area contributed by atoms with Crippen molar-refractivity contribution in [2.45, 2.75) is 6.42 Å². The summed E-state index contributed by atoms with van der Waals surface area (Å²) in [5, 5.41) is 2.88. The molecule has 2 rings (SSSR count). The molecule has 17 heavy (non-hydrogen) atoms. The van der Waals surface area contributed by atoms with Crippen molar-refractivity contribution in [1.82, 2.24) is 14.9 Å². The van der Waals surface area contributed by atoms with Crippen molar-refractivity contribution in [3.8, 4) is 0 Å². The number of amides is 1. The number of hydrogen-bond donors (Lipinski definition) is 1. The molecule has 1 N–H and O–H groups in total. The zero-order valence-corrected chi connectivity index (χ0v) is 11.7. The summed E-state index contributed by atoms with van der Waals surface area (Å²) in [6, 6.07) is 3.68. The topological polar surface area (TPSA) is 46.9 Å². The van der Waals surface area contributed by atoms with Crippen LogP contribution < -0.4 is 5.32 Å². The number of halogens is 1. The molecule has 4 nitrogen and oxygen atoms in total. The molecule has 0 aliphatic carbocycles. The maximum absolute atomic E-state index is 11.7. The number of aromatic nitrogens is 2. The predicted molar refractivity (Wildman–Crippen MR) is 71.3 cm³/mol. The molecule has 6 heteroatoms. The van der Waals surface area contributed by atoms with Crippen LogP contribution in [-0.4, -0.2) is 22.0 Å². The first-order valence-electron chi connectivity index (χ1n) is 5.16. The number of nitrogens with zero attached hydrogens (tertiary/aromatic N) is 2. The van der Waals surface area contributed by atoms with E-state index in [9.17, 15) is 4.79 Å². The summed E-state index contributed by atoms with van der Waals surface area (Å²) in [5.41, 5.74) is 0. The summed E-state index contributed by atoms with van der Waals surface area (Å²) in [7, 11) is 1.94. The zero-order chi connectivity index (χ0) is 12.3. The average Bonchev–Trinajstić information content (AvgIpc) is 2.88. The standard InChI is InChI=1S/C11H12BrN3OS/c1-15-7-6-13-10(15)4-5-14-11(16)8-2-3-9(12)17-8/h2-3,6-7H,4-5H2,1H3,(H,14,16). The lowest BCUT2D eigenvalue weighted by atomic mass is 10.3. The van der Waals surface area contributed by atoms with Gasteiger partial charge >= 0.3 is 0 Å². The van der Waals surface area contributed by atoms with E-state index >= 15 is 0 Å². The molecule has 2 aromatic heterocycles. The molecule has 2 heterocycles. The lowest BCUT2D eigenvalue weighted by molar-refractivity contribution is 0.0958. The second-order valence-corrected chi connectivity index (χ2v) is 6.03. The third-order valence-corrected chi connectivity index (χ3v) is 3.97. The van der Waals surface area contributed by atoms with E-state index in [1.807, 2.05) is 29.9 Å². The molecule has 0 spiro atoms. The number of aryl methyl sites for hydroxylation is 1. The molecule has 0 fully saturated rings. The molecule has 2 aromatic rings. The van der Waals surface area contributed by atoms with E-state index in [1.54, 1.807) is 6.20 Å². The van der Waals surface area contributed by atoms with Gasteiger partial charge in [-0.15, -0.1) is 11.3 Å². The SMILES string of the molecule is Cn1ccnc1CCNC(=O)c1ccc(Br)s1. The van der Waals surface area contributed by atoms with Crippen LogP contribution in [-0.2, 0) is 13.5 Å². The number of nitrogens with one attached hydrogen (secondary N) is 1. The Labute approximate surface area is 112 Å². The highest BCUT2D eigenvalue weighted by Gasteiger charge is 2.08. The molecule has 0 aliphatic heterocycles. The van der Waals surface area contributed by atoms with Gasteiger partial charge in [0.25, 0.3) is 5.91 Å². The molecule has 0 unspecified atom stereocenters. The van der Waals surface area contributed by atoms with E-state index in [1.165, 1.54) is 11.3 Å². The Morgan fingerprint density at radius 1 is 1.59 bits per heavy atom. The minimum Gasteiger partial charge on any atom is -0.351 e. The van der Waals surface area contributed by atoms with Crippen molar-refractivity contribution < 1.29 is 4.79 Å². The van der Waals surface area contributed by atoms with Crippen LogP contribution in [0.5, 0.6) is 0 Å². The van der Waals surface area contributed by atoms with Gasteiger partial charge in [0.1, 0.15) is 5.82 Å². The van der Waals surface area contributed by atoms with E-state index in [-0.39, 0.29) is 5.91 Å². The van der Waals surface area contributed by atoms with E-state index in [4.69, 9.17) is 0 Å². The largest absolute Gasteiger partial charge is 0.351 e. The van der Waals surface area contributed by atoms with Crippen LogP contribution >= 0.6 is 27.3 Å². The Bertz CT molecular complexity index is 520. The monoisotopic (exact) mass is 313 g/mol. The smallest absolute Gasteiger partial charge is 0.261 e. The van der Waals surface area contributed by atoms with Crippen LogP contribution in [0.3, 0.4) is 0 Å². The lowest BCUT2D eigenvalue weighted by Crippen LogP contribution is -2.25. The van der Waals surface area contributed by atoms with E-state index < -0.39 is 0 Å².